The highest BCUT2D eigenvalue weighted by Gasteiger charge is 2.43. The molecule has 1 saturated heterocycles. The lowest BCUT2D eigenvalue weighted by atomic mass is 9.90. The van der Waals surface area contributed by atoms with E-state index in [1.807, 2.05) is 6.07 Å². The lowest BCUT2D eigenvalue weighted by Crippen LogP contribution is -2.40. The van der Waals surface area contributed by atoms with E-state index < -0.39 is 17.5 Å². The SMILES string of the molecule is C[C@H]1CCc2sc(C(=O)Nc3cccc([C@@]4(C)NC(=O)NC4=O)c3)cc2C1. The second-order valence-electron chi connectivity index (χ2n) is 7.48. The molecule has 3 N–H and O–H groups in total. The van der Waals surface area contributed by atoms with Crippen LogP contribution in [0.1, 0.15) is 45.9 Å². The molecule has 2 aromatic rings. The molecular formula is C20H21N3O3S. The molecule has 27 heavy (non-hydrogen) atoms. The predicted octanol–water partition coefficient (Wildman–Crippen LogP) is 3.18. The zero-order valence-corrected chi connectivity index (χ0v) is 16.0. The second-order valence-corrected chi connectivity index (χ2v) is 8.61. The molecule has 2 heterocycles. The maximum absolute atomic E-state index is 12.7. The summed E-state index contributed by atoms with van der Waals surface area (Å²) in [6, 6.07) is 8.49. The van der Waals surface area contributed by atoms with Crippen LogP contribution in [-0.2, 0) is 23.2 Å². The molecule has 1 fully saturated rings. The number of urea groups is 1. The third-order valence-electron chi connectivity index (χ3n) is 5.30. The molecule has 1 aliphatic heterocycles. The molecule has 4 rings (SSSR count). The maximum atomic E-state index is 12.7. The van der Waals surface area contributed by atoms with Crippen LogP contribution in [-0.4, -0.2) is 17.8 Å². The average molecular weight is 383 g/mol. The van der Waals surface area contributed by atoms with Gasteiger partial charge in [0, 0.05) is 10.6 Å². The fraction of sp³-hybridized carbons (Fsp3) is 0.350. The largest absolute Gasteiger partial charge is 0.322 e. The Morgan fingerprint density at radius 2 is 2.11 bits per heavy atom. The molecule has 0 spiro atoms. The molecule has 7 heteroatoms. The Labute approximate surface area is 161 Å². The zero-order valence-electron chi connectivity index (χ0n) is 15.2. The number of imide groups is 1. The number of hydrogen-bond acceptors (Lipinski definition) is 4. The van der Waals surface area contributed by atoms with Crippen molar-refractivity contribution in [1.82, 2.24) is 10.6 Å². The van der Waals surface area contributed by atoms with E-state index in [1.54, 1.807) is 42.5 Å². The maximum Gasteiger partial charge on any atom is 0.322 e. The number of thiophene rings is 1. The van der Waals surface area contributed by atoms with Crippen LogP contribution in [0.3, 0.4) is 0 Å². The third-order valence-corrected chi connectivity index (χ3v) is 6.53. The summed E-state index contributed by atoms with van der Waals surface area (Å²) in [5.41, 5.74) is 1.35. The third kappa shape index (κ3) is 3.23. The first kappa shape index (κ1) is 17.7. The van der Waals surface area contributed by atoms with Crippen LogP contribution in [0.4, 0.5) is 10.5 Å². The standard InChI is InChI=1S/C20H21N3O3S/c1-11-6-7-15-12(8-11)9-16(27-15)17(24)21-14-5-3-4-13(10-14)20(2)18(25)22-19(26)23-20/h3-5,9-11H,6-8H2,1-2H3,(H,21,24)(H2,22,23,25,26)/t11-,20+/m0/s1. The summed E-state index contributed by atoms with van der Waals surface area (Å²) in [4.78, 5) is 38.3. The Kier molecular flexibility index (Phi) is 4.26. The minimum Gasteiger partial charge on any atom is -0.321 e. The molecule has 4 amide bonds. The van der Waals surface area contributed by atoms with E-state index in [4.69, 9.17) is 0 Å². The van der Waals surface area contributed by atoms with Gasteiger partial charge in [-0.3, -0.25) is 14.9 Å². The number of aryl methyl sites for hydroxylation is 1. The highest BCUT2D eigenvalue weighted by molar-refractivity contribution is 7.14. The second kappa shape index (κ2) is 6.49. The van der Waals surface area contributed by atoms with E-state index in [1.165, 1.54) is 16.9 Å². The molecule has 2 aliphatic rings. The topological polar surface area (TPSA) is 87.3 Å². The van der Waals surface area contributed by atoms with E-state index in [2.05, 4.69) is 22.9 Å². The van der Waals surface area contributed by atoms with Gasteiger partial charge in [-0.15, -0.1) is 11.3 Å². The van der Waals surface area contributed by atoms with Crippen molar-refractivity contribution in [3.05, 3.63) is 51.2 Å². The van der Waals surface area contributed by atoms with Crippen molar-refractivity contribution in [3.63, 3.8) is 0 Å². The zero-order chi connectivity index (χ0) is 19.2. The molecule has 1 aliphatic carbocycles. The van der Waals surface area contributed by atoms with Crippen LogP contribution in [0.5, 0.6) is 0 Å². The first-order valence-electron chi connectivity index (χ1n) is 9.02. The Hall–Kier alpha value is -2.67. The van der Waals surface area contributed by atoms with Crippen molar-refractivity contribution in [2.24, 2.45) is 5.92 Å². The lowest BCUT2D eigenvalue weighted by molar-refractivity contribution is -0.123. The molecule has 1 aromatic heterocycles. The van der Waals surface area contributed by atoms with Gasteiger partial charge in [0.05, 0.1) is 4.88 Å². The van der Waals surface area contributed by atoms with Gasteiger partial charge in [0.25, 0.3) is 11.8 Å². The summed E-state index contributed by atoms with van der Waals surface area (Å²) in [6.07, 6.45) is 3.24. The average Bonchev–Trinajstić information content (AvgIpc) is 3.15. The van der Waals surface area contributed by atoms with Gasteiger partial charge < -0.3 is 10.6 Å². The van der Waals surface area contributed by atoms with Gasteiger partial charge in [-0.25, -0.2) is 4.79 Å². The smallest absolute Gasteiger partial charge is 0.321 e. The number of benzene rings is 1. The predicted molar refractivity (Wildman–Crippen MR) is 104 cm³/mol. The van der Waals surface area contributed by atoms with Crippen LogP contribution in [0.2, 0.25) is 0 Å². The number of fused-ring (bicyclic) bond motifs is 1. The molecule has 0 bridgehead atoms. The van der Waals surface area contributed by atoms with Crippen LogP contribution in [0.25, 0.3) is 0 Å². The fourth-order valence-electron chi connectivity index (χ4n) is 3.66. The molecule has 0 radical (unpaired) electrons. The van der Waals surface area contributed by atoms with Gasteiger partial charge in [-0.05, 0) is 61.4 Å². The van der Waals surface area contributed by atoms with E-state index in [0.717, 1.165) is 12.8 Å². The number of carbonyl (C=O) groups excluding carboxylic acids is 3. The van der Waals surface area contributed by atoms with Gasteiger partial charge >= 0.3 is 6.03 Å². The first-order valence-corrected chi connectivity index (χ1v) is 9.84. The minimum atomic E-state index is -1.14. The highest BCUT2D eigenvalue weighted by atomic mass is 32.1. The van der Waals surface area contributed by atoms with E-state index in [9.17, 15) is 14.4 Å². The molecule has 140 valence electrons. The van der Waals surface area contributed by atoms with Crippen LogP contribution >= 0.6 is 11.3 Å². The summed E-state index contributed by atoms with van der Waals surface area (Å²) in [5.74, 6) is 0.105. The van der Waals surface area contributed by atoms with Crippen molar-refractivity contribution >= 4 is 34.9 Å². The van der Waals surface area contributed by atoms with Crippen LogP contribution in [0, 0.1) is 5.92 Å². The molecule has 6 nitrogen and oxygen atoms in total. The molecular weight excluding hydrogens is 362 g/mol. The van der Waals surface area contributed by atoms with Gasteiger partial charge in [-0.1, -0.05) is 19.1 Å². The van der Waals surface area contributed by atoms with Crippen molar-refractivity contribution in [2.75, 3.05) is 5.32 Å². The van der Waals surface area contributed by atoms with Crippen molar-refractivity contribution < 1.29 is 14.4 Å². The van der Waals surface area contributed by atoms with Crippen molar-refractivity contribution in [2.45, 2.75) is 38.6 Å². The minimum absolute atomic E-state index is 0.149. The summed E-state index contributed by atoms with van der Waals surface area (Å²) >= 11 is 1.56. The molecule has 0 saturated carbocycles. The number of nitrogens with one attached hydrogen (secondary N) is 3. The summed E-state index contributed by atoms with van der Waals surface area (Å²) in [5, 5.41) is 7.80. The van der Waals surface area contributed by atoms with Crippen molar-refractivity contribution in [1.29, 1.82) is 0 Å². The Balaban J connectivity index is 1.54. The van der Waals surface area contributed by atoms with Gasteiger partial charge in [-0.2, -0.15) is 0 Å². The first-order chi connectivity index (χ1) is 12.8. The van der Waals surface area contributed by atoms with Gasteiger partial charge in [0.1, 0.15) is 5.54 Å². The Morgan fingerprint density at radius 1 is 1.30 bits per heavy atom. The van der Waals surface area contributed by atoms with Crippen LogP contribution in [0.15, 0.2) is 30.3 Å². The van der Waals surface area contributed by atoms with E-state index >= 15 is 0 Å². The number of anilines is 1. The van der Waals surface area contributed by atoms with E-state index in [0.29, 0.717) is 22.0 Å². The summed E-state index contributed by atoms with van der Waals surface area (Å²) in [6.45, 7) is 3.88. The lowest BCUT2D eigenvalue weighted by Gasteiger charge is -2.21. The highest BCUT2D eigenvalue weighted by Crippen LogP contribution is 2.33. The Morgan fingerprint density at radius 3 is 2.85 bits per heavy atom. The normalized spacial score (nSPS) is 24.1. The van der Waals surface area contributed by atoms with Crippen LogP contribution < -0.4 is 16.0 Å². The Bertz CT molecular complexity index is 952. The molecule has 1 aromatic carbocycles. The summed E-state index contributed by atoms with van der Waals surface area (Å²) in [7, 11) is 0. The number of carbonyl (C=O) groups is 3. The van der Waals surface area contributed by atoms with Gasteiger partial charge in [0.2, 0.25) is 0 Å². The quantitative estimate of drug-likeness (QED) is 0.712. The molecule has 0 unspecified atom stereocenters. The van der Waals surface area contributed by atoms with Crippen molar-refractivity contribution in [3.8, 4) is 0 Å². The summed E-state index contributed by atoms with van der Waals surface area (Å²) < 4.78 is 0. The number of rotatable bonds is 3. The monoisotopic (exact) mass is 383 g/mol. The number of hydrogen-bond donors (Lipinski definition) is 3. The molecule has 2 atom stereocenters. The fourth-order valence-corrected chi connectivity index (χ4v) is 4.77. The van der Waals surface area contributed by atoms with E-state index in [-0.39, 0.29) is 5.91 Å². The number of amides is 4. The van der Waals surface area contributed by atoms with Gasteiger partial charge in [0.15, 0.2) is 0 Å².